The molecule has 354 valence electrons. The van der Waals surface area contributed by atoms with Gasteiger partial charge in [-0.2, -0.15) is 0 Å². The van der Waals surface area contributed by atoms with Crippen LogP contribution >= 0.6 is 0 Å². The number of ether oxygens (including phenoxy) is 8. The van der Waals surface area contributed by atoms with Crippen LogP contribution in [0.2, 0.25) is 0 Å². The Balaban J connectivity index is 1.24. The van der Waals surface area contributed by atoms with Crippen molar-refractivity contribution >= 4 is 17.8 Å². The minimum atomic E-state index is -2.07. The van der Waals surface area contributed by atoms with Crippen LogP contribution < -0.4 is 0 Å². The number of aliphatic hydroxyl groups is 11. The maximum atomic E-state index is 12.8. The van der Waals surface area contributed by atoms with Gasteiger partial charge >= 0.3 is 5.97 Å². The first-order valence-electron chi connectivity index (χ1n) is 20.0. The number of aliphatic hydroxyl groups excluding tert-OH is 11. The summed E-state index contributed by atoms with van der Waals surface area (Å²) >= 11 is 0. The molecular weight excluding hydrogens is 872 g/mol. The molecule has 16 atom stereocenters. The van der Waals surface area contributed by atoms with E-state index in [1.54, 1.807) is 0 Å². The average molecular weight is 921 g/mol. The topological polar surface area (TPSA) is 374 Å². The Labute approximate surface area is 367 Å². The van der Waals surface area contributed by atoms with Crippen LogP contribution in [-0.4, -0.2) is 196 Å². The SMILES string of the molecule is O=C(C=Cc1ccc(O)cc1)OCC1OC(OC2=C(c3ccc(O)c(O)c3)OC3C=C(O)C=C(OC4OC(CO)C(O)C(O)C4O)C3=C2)C(OC2OC(CO)C(O)C(O)C2O)C(O)C1O. The van der Waals surface area contributed by atoms with Crippen molar-refractivity contribution in [3.05, 3.63) is 101 Å². The van der Waals surface area contributed by atoms with Crippen LogP contribution in [0.1, 0.15) is 11.1 Å². The highest BCUT2D eigenvalue weighted by molar-refractivity contribution is 5.87. The van der Waals surface area contributed by atoms with Gasteiger partial charge in [-0.3, -0.25) is 0 Å². The van der Waals surface area contributed by atoms with E-state index in [2.05, 4.69) is 0 Å². The van der Waals surface area contributed by atoms with Gasteiger partial charge in [0.05, 0.1) is 13.2 Å². The number of esters is 1. The van der Waals surface area contributed by atoms with E-state index in [-0.39, 0.29) is 34.2 Å². The first-order chi connectivity index (χ1) is 31.0. The number of allylic oxidation sites excluding steroid dienone is 2. The fraction of sp³-hybridized carbons (Fsp3) is 0.452. The molecule has 65 heavy (non-hydrogen) atoms. The monoisotopic (exact) mass is 920 g/mol. The van der Waals surface area contributed by atoms with Crippen LogP contribution in [0.15, 0.2) is 89.6 Å². The molecule has 23 nitrogen and oxygen atoms in total. The van der Waals surface area contributed by atoms with E-state index in [1.807, 2.05) is 0 Å². The van der Waals surface area contributed by atoms with Crippen molar-refractivity contribution in [1.82, 2.24) is 0 Å². The number of carbonyl (C=O) groups excluding carboxylic acids is 1. The molecule has 5 aliphatic rings. The summed E-state index contributed by atoms with van der Waals surface area (Å²) in [6.45, 7) is -2.39. The number of fused-ring (bicyclic) bond motifs is 1. The van der Waals surface area contributed by atoms with Crippen molar-refractivity contribution in [3.8, 4) is 17.2 Å². The molecule has 16 unspecified atom stereocenters. The summed E-state index contributed by atoms with van der Waals surface area (Å²) in [6, 6.07) is 9.26. The molecule has 0 amide bonds. The van der Waals surface area contributed by atoms with E-state index in [9.17, 15) is 76.3 Å². The lowest BCUT2D eigenvalue weighted by Gasteiger charge is -2.46. The maximum absolute atomic E-state index is 12.8. The highest BCUT2D eigenvalue weighted by Crippen LogP contribution is 2.42. The molecule has 1 aliphatic carbocycles. The Kier molecular flexibility index (Phi) is 14.7. The third-order valence-corrected chi connectivity index (χ3v) is 11.0. The van der Waals surface area contributed by atoms with E-state index < -0.39 is 141 Å². The number of carbonyl (C=O) groups is 1. The highest BCUT2D eigenvalue weighted by atomic mass is 16.8. The zero-order chi connectivity index (χ0) is 46.9. The number of rotatable bonds is 13. The first kappa shape index (κ1) is 47.6. The van der Waals surface area contributed by atoms with E-state index >= 15 is 0 Å². The zero-order valence-electron chi connectivity index (χ0n) is 33.7. The second-order valence-corrected chi connectivity index (χ2v) is 15.4. The van der Waals surface area contributed by atoms with Gasteiger partial charge in [0.15, 0.2) is 35.4 Å². The Hall–Kier alpha value is -5.35. The number of aromatic hydroxyl groups is 3. The summed E-state index contributed by atoms with van der Waals surface area (Å²) in [7, 11) is 0. The van der Waals surface area contributed by atoms with Crippen molar-refractivity contribution in [2.24, 2.45) is 0 Å². The summed E-state index contributed by atoms with van der Waals surface area (Å²) in [5.41, 5.74) is 0.524. The van der Waals surface area contributed by atoms with Crippen LogP contribution in [0.3, 0.4) is 0 Å². The highest BCUT2D eigenvalue weighted by Gasteiger charge is 2.52. The third-order valence-electron chi connectivity index (χ3n) is 11.0. The van der Waals surface area contributed by atoms with Gasteiger partial charge in [0.1, 0.15) is 97.1 Å². The van der Waals surface area contributed by atoms with E-state index in [4.69, 9.17) is 37.9 Å². The standard InChI is InChI=1S/C42H48O23/c43-13-26-30(50)33(53)36(56)40(62-26)60-24-11-19(46)10-23-20(24)12-25(38(59-23)17-4-7-21(47)22(48)9-17)61-42-39(65-41-37(57)34(54)31(51)27(14-44)63-41)35(55)32(52)28(64-42)15-58-29(49)8-3-16-1-5-18(45)6-2-16/h1-12,23,26-28,30-37,39-48,50-57H,13-15H2. The molecule has 0 radical (unpaired) electrons. The molecule has 7 rings (SSSR count). The second-order valence-electron chi connectivity index (χ2n) is 15.4. The van der Waals surface area contributed by atoms with Gasteiger partial charge in [-0.05, 0) is 48.0 Å². The summed E-state index contributed by atoms with van der Waals surface area (Å²) < 4.78 is 46.7. The number of hydrogen-bond donors (Lipinski definition) is 14. The average Bonchev–Trinajstić information content (AvgIpc) is 3.29. The molecule has 0 aromatic heterocycles. The minimum absolute atomic E-state index is 0.00444. The second kappa shape index (κ2) is 20.0. The molecule has 2 aromatic rings. The smallest absolute Gasteiger partial charge is 0.330 e. The van der Waals surface area contributed by atoms with Crippen LogP contribution in [-0.2, 0) is 42.7 Å². The lowest BCUT2D eigenvalue weighted by atomic mass is 9.95. The third kappa shape index (κ3) is 10.2. The van der Waals surface area contributed by atoms with E-state index in [1.165, 1.54) is 48.6 Å². The van der Waals surface area contributed by atoms with Crippen molar-refractivity contribution in [2.75, 3.05) is 19.8 Å². The molecule has 4 heterocycles. The maximum Gasteiger partial charge on any atom is 0.330 e. The Morgan fingerprint density at radius 2 is 1.26 bits per heavy atom. The summed E-state index contributed by atoms with van der Waals surface area (Å²) in [5.74, 6) is -3.46. The summed E-state index contributed by atoms with van der Waals surface area (Å²) in [5, 5.41) is 147. The van der Waals surface area contributed by atoms with E-state index in [0.717, 1.165) is 24.3 Å². The molecule has 0 bridgehead atoms. The van der Waals surface area contributed by atoms with E-state index in [0.29, 0.717) is 5.56 Å². The quantitative estimate of drug-likeness (QED) is 0.0536. The van der Waals surface area contributed by atoms with Gasteiger partial charge in [-0.25, -0.2) is 4.79 Å². The normalized spacial score (nSPS) is 36.2. The van der Waals surface area contributed by atoms with Crippen molar-refractivity contribution in [3.63, 3.8) is 0 Å². The Morgan fingerprint density at radius 1 is 0.646 bits per heavy atom. The number of phenols is 3. The number of benzene rings is 2. The molecule has 14 N–H and O–H groups in total. The molecule has 3 fully saturated rings. The molecular formula is C42H48O23. The molecule has 2 aromatic carbocycles. The van der Waals surface area contributed by atoms with Crippen molar-refractivity contribution < 1.29 is 114 Å². The first-order valence-corrected chi connectivity index (χ1v) is 20.0. The van der Waals surface area contributed by atoms with Crippen molar-refractivity contribution in [2.45, 2.75) is 98.2 Å². The predicted octanol–water partition coefficient (Wildman–Crippen LogP) is -3.14. The lowest BCUT2D eigenvalue weighted by Crippen LogP contribution is -2.64. The van der Waals surface area contributed by atoms with Gasteiger partial charge < -0.3 is 109 Å². The fourth-order valence-electron chi connectivity index (χ4n) is 7.35. The lowest BCUT2D eigenvalue weighted by molar-refractivity contribution is -0.363. The Bertz CT molecular complexity index is 2170. The predicted molar refractivity (Wildman–Crippen MR) is 212 cm³/mol. The van der Waals surface area contributed by atoms with Gasteiger partial charge in [-0.15, -0.1) is 0 Å². The van der Waals surface area contributed by atoms with Crippen LogP contribution in [0.4, 0.5) is 0 Å². The molecule has 4 aliphatic heterocycles. The fourth-order valence-corrected chi connectivity index (χ4v) is 7.35. The zero-order valence-corrected chi connectivity index (χ0v) is 33.7. The number of phenolic OH excluding ortho intramolecular Hbond substituents is 3. The van der Waals surface area contributed by atoms with Gasteiger partial charge in [-0.1, -0.05) is 12.1 Å². The molecule has 0 saturated carbocycles. The largest absolute Gasteiger partial charge is 0.508 e. The molecule has 0 spiro atoms. The number of hydrogen-bond acceptors (Lipinski definition) is 23. The minimum Gasteiger partial charge on any atom is -0.508 e. The van der Waals surface area contributed by atoms with Gasteiger partial charge in [0, 0.05) is 29.4 Å². The van der Waals surface area contributed by atoms with Crippen LogP contribution in [0.25, 0.3) is 11.8 Å². The summed E-state index contributed by atoms with van der Waals surface area (Å²) in [4.78, 5) is 12.8. The van der Waals surface area contributed by atoms with Gasteiger partial charge in [0.2, 0.25) is 12.6 Å². The molecule has 23 heteroatoms. The van der Waals surface area contributed by atoms with Gasteiger partial charge in [0.25, 0.3) is 0 Å². The van der Waals surface area contributed by atoms with Crippen LogP contribution in [0.5, 0.6) is 17.2 Å². The Morgan fingerprint density at radius 3 is 1.91 bits per heavy atom. The van der Waals surface area contributed by atoms with Crippen LogP contribution in [0, 0.1) is 0 Å². The molecule has 3 saturated heterocycles. The summed E-state index contributed by atoms with van der Waals surface area (Å²) in [6.07, 6.45) is -22.7. The van der Waals surface area contributed by atoms with Crippen molar-refractivity contribution in [1.29, 1.82) is 0 Å².